The molecule has 0 aromatic rings. The number of carbonyl (C=O) groups is 1. The molecular weight excluding hydrogens is 186 g/mol. The minimum Gasteiger partial charge on any atom is -0.468 e. The third kappa shape index (κ3) is 3.61. The summed E-state index contributed by atoms with van der Waals surface area (Å²) in [5.74, 6) is 0.106. The van der Waals surface area contributed by atoms with E-state index < -0.39 is 0 Å². The molecule has 82 valence electrons. The van der Waals surface area contributed by atoms with Gasteiger partial charge in [0.25, 0.3) is 0 Å². The van der Waals surface area contributed by atoms with Crippen LogP contribution in [0.4, 0.5) is 0 Å². The molecular formula is C9H17NO4. The molecule has 5 nitrogen and oxygen atoms in total. The van der Waals surface area contributed by atoms with Crippen molar-refractivity contribution in [2.75, 3.05) is 27.4 Å². The van der Waals surface area contributed by atoms with Gasteiger partial charge in [0, 0.05) is 7.11 Å². The Bertz CT molecular complexity index is 182. The Morgan fingerprint density at radius 1 is 1.43 bits per heavy atom. The average Bonchev–Trinajstić information content (AvgIpc) is 3.01. The van der Waals surface area contributed by atoms with Gasteiger partial charge in [-0.3, -0.25) is 9.63 Å². The zero-order valence-electron chi connectivity index (χ0n) is 8.62. The molecule has 0 aromatic carbocycles. The van der Waals surface area contributed by atoms with Crippen LogP contribution in [0.1, 0.15) is 12.8 Å². The van der Waals surface area contributed by atoms with Crippen LogP contribution in [0.2, 0.25) is 0 Å². The summed E-state index contributed by atoms with van der Waals surface area (Å²) in [5, 5.41) is 0. The average molecular weight is 203 g/mol. The predicted octanol–water partition coefficient (Wildman–Crippen LogP) is 0.106. The van der Waals surface area contributed by atoms with E-state index >= 15 is 0 Å². The maximum absolute atomic E-state index is 11.3. The second kappa shape index (κ2) is 5.95. The highest BCUT2D eigenvalue weighted by molar-refractivity contribution is 5.76. The molecule has 0 saturated heterocycles. The highest BCUT2D eigenvalue weighted by atomic mass is 16.7. The number of hydrogen-bond acceptors (Lipinski definition) is 5. The summed E-state index contributed by atoms with van der Waals surface area (Å²) in [5.41, 5.74) is 2.71. The summed E-state index contributed by atoms with van der Waals surface area (Å²) in [6.45, 7) is 0.933. The van der Waals surface area contributed by atoms with Gasteiger partial charge in [-0.05, 0) is 18.8 Å². The lowest BCUT2D eigenvalue weighted by molar-refractivity contribution is -0.149. The Hall–Kier alpha value is -0.650. The van der Waals surface area contributed by atoms with Crippen molar-refractivity contribution in [1.82, 2.24) is 5.48 Å². The van der Waals surface area contributed by atoms with Crippen molar-refractivity contribution < 1.29 is 19.1 Å². The summed E-state index contributed by atoms with van der Waals surface area (Å²) >= 11 is 0. The first kappa shape index (κ1) is 11.4. The van der Waals surface area contributed by atoms with Gasteiger partial charge in [-0.1, -0.05) is 0 Å². The second-order valence-corrected chi connectivity index (χ2v) is 3.30. The number of rotatable bonds is 7. The molecule has 1 rings (SSSR count). The largest absolute Gasteiger partial charge is 0.468 e. The van der Waals surface area contributed by atoms with E-state index in [1.165, 1.54) is 7.11 Å². The van der Waals surface area contributed by atoms with E-state index in [0.717, 1.165) is 12.8 Å². The van der Waals surface area contributed by atoms with E-state index in [1.54, 1.807) is 7.11 Å². The smallest absolute Gasteiger partial charge is 0.325 e. The van der Waals surface area contributed by atoms with Crippen LogP contribution in [0.15, 0.2) is 0 Å². The molecule has 5 heteroatoms. The van der Waals surface area contributed by atoms with Crippen LogP contribution >= 0.6 is 0 Å². The molecule has 1 N–H and O–H groups in total. The third-order valence-electron chi connectivity index (χ3n) is 2.15. The molecule has 0 spiro atoms. The lowest BCUT2D eigenvalue weighted by atomic mass is 10.2. The topological polar surface area (TPSA) is 56.8 Å². The van der Waals surface area contributed by atoms with Gasteiger partial charge in [0.2, 0.25) is 0 Å². The number of ether oxygens (including phenoxy) is 2. The Morgan fingerprint density at radius 3 is 2.64 bits per heavy atom. The van der Waals surface area contributed by atoms with Gasteiger partial charge < -0.3 is 9.47 Å². The normalized spacial score (nSPS) is 17.9. The minimum atomic E-state index is -0.322. The van der Waals surface area contributed by atoms with Crippen molar-refractivity contribution in [2.45, 2.75) is 18.9 Å². The molecule has 0 bridgehead atoms. The van der Waals surface area contributed by atoms with Gasteiger partial charge in [-0.2, -0.15) is 5.48 Å². The number of esters is 1. The quantitative estimate of drug-likeness (QED) is 0.361. The Kier molecular flexibility index (Phi) is 4.86. The monoisotopic (exact) mass is 203 g/mol. The van der Waals surface area contributed by atoms with Crippen molar-refractivity contribution >= 4 is 5.97 Å². The molecule has 0 heterocycles. The molecule has 0 amide bonds. The minimum absolute atomic E-state index is 0.259. The molecule has 0 aromatic heterocycles. The zero-order chi connectivity index (χ0) is 10.4. The molecule has 1 aliphatic carbocycles. The first-order valence-electron chi connectivity index (χ1n) is 4.73. The number of methoxy groups -OCH3 is 2. The predicted molar refractivity (Wildman–Crippen MR) is 49.5 cm³/mol. The standard InChI is InChI=1S/C9H17NO4/c1-12-5-6-14-10-8(7-3-4-7)9(11)13-2/h7-8,10H,3-6H2,1-2H3. The summed E-state index contributed by atoms with van der Waals surface area (Å²) in [7, 11) is 2.98. The van der Waals surface area contributed by atoms with E-state index in [9.17, 15) is 4.79 Å². The fourth-order valence-corrected chi connectivity index (χ4v) is 1.17. The van der Waals surface area contributed by atoms with Gasteiger partial charge in [0.05, 0.1) is 20.3 Å². The van der Waals surface area contributed by atoms with Crippen LogP contribution in [0.3, 0.4) is 0 Å². The summed E-state index contributed by atoms with van der Waals surface area (Å²) in [6, 6.07) is -0.322. The van der Waals surface area contributed by atoms with Gasteiger partial charge >= 0.3 is 5.97 Å². The molecule has 0 radical (unpaired) electrons. The van der Waals surface area contributed by atoms with Crippen LogP contribution < -0.4 is 5.48 Å². The van der Waals surface area contributed by atoms with E-state index in [1.807, 2.05) is 0 Å². The van der Waals surface area contributed by atoms with Gasteiger partial charge in [-0.15, -0.1) is 0 Å². The molecule has 1 fully saturated rings. The summed E-state index contributed by atoms with van der Waals surface area (Å²) in [4.78, 5) is 16.3. The molecule has 0 aliphatic heterocycles. The maximum atomic E-state index is 11.3. The van der Waals surface area contributed by atoms with Crippen molar-refractivity contribution in [3.63, 3.8) is 0 Å². The van der Waals surface area contributed by atoms with Crippen LogP contribution in [-0.2, 0) is 19.1 Å². The maximum Gasteiger partial charge on any atom is 0.325 e. The van der Waals surface area contributed by atoms with Crippen molar-refractivity contribution in [3.8, 4) is 0 Å². The van der Waals surface area contributed by atoms with Crippen molar-refractivity contribution in [2.24, 2.45) is 5.92 Å². The van der Waals surface area contributed by atoms with Crippen LogP contribution in [0.5, 0.6) is 0 Å². The van der Waals surface area contributed by atoms with E-state index in [2.05, 4.69) is 10.2 Å². The molecule has 1 saturated carbocycles. The first-order valence-corrected chi connectivity index (χ1v) is 4.73. The number of nitrogens with one attached hydrogen (secondary N) is 1. The SMILES string of the molecule is COCCONC(C(=O)OC)C1CC1. The van der Waals surface area contributed by atoms with Crippen LogP contribution in [-0.4, -0.2) is 39.4 Å². The number of hydrogen-bond donors (Lipinski definition) is 1. The van der Waals surface area contributed by atoms with Crippen LogP contribution in [0, 0.1) is 5.92 Å². The van der Waals surface area contributed by atoms with E-state index in [0.29, 0.717) is 19.1 Å². The summed E-state index contributed by atoms with van der Waals surface area (Å²) < 4.78 is 9.46. The van der Waals surface area contributed by atoms with Gasteiger partial charge in [0.1, 0.15) is 6.04 Å². The van der Waals surface area contributed by atoms with Crippen molar-refractivity contribution in [3.05, 3.63) is 0 Å². The first-order chi connectivity index (χ1) is 6.79. The van der Waals surface area contributed by atoms with Crippen LogP contribution in [0.25, 0.3) is 0 Å². The highest BCUT2D eigenvalue weighted by Gasteiger charge is 2.37. The fraction of sp³-hybridized carbons (Fsp3) is 0.889. The molecule has 1 aliphatic rings. The number of carbonyl (C=O) groups excluding carboxylic acids is 1. The summed E-state index contributed by atoms with van der Waals surface area (Å²) in [6.07, 6.45) is 2.11. The Morgan fingerprint density at radius 2 is 2.14 bits per heavy atom. The second-order valence-electron chi connectivity index (χ2n) is 3.30. The Balaban J connectivity index is 2.18. The van der Waals surface area contributed by atoms with E-state index in [-0.39, 0.29) is 12.0 Å². The molecule has 14 heavy (non-hydrogen) atoms. The molecule has 1 unspecified atom stereocenters. The van der Waals surface area contributed by atoms with Gasteiger partial charge in [-0.25, -0.2) is 0 Å². The lowest BCUT2D eigenvalue weighted by Crippen LogP contribution is -2.40. The number of hydroxylamine groups is 1. The zero-order valence-corrected chi connectivity index (χ0v) is 8.62. The van der Waals surface area contributed by atoms with E-state index in [4.69, 9.17) is 9.57 Å². The highest BCUT2D eigenvalue weighted by Crippen LogP contribution is 2.33. The van der Waals surface area contributed by atoms with Gasteiger partial charge in [0.15, 0.2) is 0 Å². The van der Waals surface area contributed by atoms with Crippen molar-refractivity contribution in [1.29, 1.82) is 0 Å². The Labute approximate surface area is 83.7 Å². The lowest BCUT2D eigenvalue weighted by Gasteiger charge is -2.14. The fourth-order valence-electron chi connectivity index (χ4n) is 1.17. The third-order valence-corrected chi connectivity index (χ3v) is 2.15. The molecule has 1 atom stereocenters.